The zero-order chi connectivity index (χ0) is 22.6. The number of pyridine rings is 1. The molecule has 6 heteroatoms. The third-order valence-corrected chi connectivity index (χ3v) is 6.39. The molecule has 0 saturated carbocycles. The predicted octanol–water partition coefficient (Wildman–Crippen LogP) is 5.11. The molecule has 2 aromatic carbocycles. The molecule has 0 atom stereocenters. The third-order valence-electron chi connectivity index (χ3n) is 6.39. The first-order valence-electron chi connectivity index (χ1n) is 11.4. The molecule has 1 saturated heterocycles. The molecule has 2 aromatic heterocycles. The van der Waals surface area contributed by atoms with Crippen molar-refractivity contribution in [3.05, 3.63) is 90.1 Å². The van der Waals surface area contributed by atoms with Crippen molar-refractivity contribution in [2.75, 3.05) is 26.2 Å². The molecule has 1 N–H and O–H groups in total. The number of carbonyl (C=O) groups is 1. The predicted molar refractivity (Wildman–Crippen MR) is 128 cm³/mol. The number of aromatic nitrogens is 2. The van der Waals surface area contributed by atoms with Gasteiger partial charge in [-0.1, -0.05) is 12.1 Å². The van der Waals surface area contributed by atoms with Crippen LogP contribution in [0.15, 0.2) is 73.2 Å². The second-order valence-corrected chi connectivity index (χ2v) is 8.60. The van der Waals surface area contributed by atoms with Crippen LogP contribution in [0.2, 0.25) is 0 Å². The number of amides is 1. The summed E-state index contributed by atoms with van der Waals surface area (Å²) < 4.78 is 14.9. The van der Waals surface area contributed by atoms with E-state index in [2.05, 4.69) is 20.9 Å². The van der Waals surface area contributed by atoms with E-state index in [1.807, 2.05) is 30.5 Å². The molecule has 3 heterocycles. The lowest BCUT2D eigenvalue weighted by molar-refractivity contribution is 0.0725. The Morgan fingerprint density at radius 2 is 1.76 bits per heavy atom. The standard InChI is InChI=1S/C27H27FN4O/c28-25-5-3-21(22-4-6-26-23(17-22)9-12-30-26)18-24(25)19-32(16-15-31-13-1-2-14-31)27(33)20-7-10-29-11-8-20/h3-12,17-18,30H,1-2,13-16,19H2. The Bertz CT molecular complexity index is 1250. The fourth-order valence-electron chi connectivity index (χ4n) is 4.51. The van der Waals surface area contributed by atoms with Gasteiger partial charge < -0.3 is 14.8 Å². The molecule has 4 aromatic rings. The zero-order valence-electron chi connectivity index (χ0n) is 18.5. The lowest BCUT2D eigenvalue weighted by Crippen LogP contribution is -2.37. The summed E-state index contributed by atoms with van der Waals surface area (Å²) >= 11 is 0. The van der Waals surface area contributed by atoms with E-state index in [9.17, 15) is 9.18 Å². The lowest BCUT2D eigenvalue weighted by atomic mass is 10.0. The number of hydrogen-bond acceptors (Lipinski definition) is 3. The van der Waals surface area contributed by atoms with Crippen LogP contribution in [-0.4, -0.2) is 51.9 Å². The van der Waals surface area contributed by atoms with E-state index in [1.165, 1.54) is 18.9 Å². The maximum atomic E-state index is 14.9. The van der Waals surface area contributed by atoms with Crippen LogP contribution in [0.1, 0.15) is 28.8 Å². The van der Waals surface area contributed by atoms with Gasteiger partial charge in [0.1, 0.15) is 5.82 Å². The summed E-state index contributed by atoms with van der Waals surface area (Å²) in [5, 5.41) is 1.11. The number of benzene rings is 2. The van der Waals surface area contributed by atoms with Crippen molar-refractivity contribution >= 4 is 16.8 Å². The summed E-state index contributed by atoms with van der Waals surface area (Å²) in [6.07, 6.45) is 7.53. The van der Waals surface area contributed by atoms with Gasteiger partial charge in [-0.05, 0) is 84.9 Å². The van der Waals surface area contributed by atoms with Crippen LogP contribution in [0.5, 0.6) is 0 Å². The molecule has 1 aliphatic heterocycles. The van der Waals surface area contributed by atoms with Gasteiger partial charge in [-0.25, -0.2) is 4.39 Å². The van der Waals surface area contributed by atoms with Gasteiger partial charge in [-0.3, -0.25) is 9.78 Å². The lowest BCUT2D eigenvalue weighted by Gasteiger charge is -2.26. The minimum atomic E-state index is -0.296. The van der Waals surface area contributed by atoms with Crippen molar-refractivity contribution in [1.29, 1.82) is 0 Å². The number of halogens is 1. The van der Waals surface area contributed by atoms with Crippen molar-refractivity contribution in [3.8, 4) is 11.1 Å². The van der Waals surface area contributed by atoms with Crippen LogP contribution in [0.25, 0.3) is 22.0 Å². The molecule has 0 radical (unpaired) electrons. The first-order chi connectivity index (χ1) is 16.2. The van der Waals surface area contributed by atoms with Crippen molar-refractivity contribution in [3.63, 3.8) is 0 Å². The van der Waals surface area contributed by atoms with Crippen LogP contribution in [0, 0.1) is 5.82 Å². The van der Waals surface area contributed by atoms with Crippen LogP contribution in [-0.2, 0) is 6.54 Å². The van der Waals surface area contributed by atoms with Gasteiger partial charge in [-0.15, -0.1) is 0 Å². The maximum absolute atomic E-state index is 14.9. The van der Waals surface area contributed by atoms with Gasteiger partial charge in [0, 0.05) is 54.9 Å². The Labute approximate surface area is 192 Å². The number of carbonyl (C=O) groups excluding carboxylic acids is 1. The van der Waals surface area contributed by atoms with E-state index in [1.54, 1.807) is 35.5 Å². The maximum Gasteiger partial charge on any atom is 0.254 e. The molecule has 1 fully saturated rings. The molecule has 33 heavy (non-hydrogen) atoms. The average Bonchev–Trinajstić information content (AvgIpc) is 3.54. The van der Waals surface area contributed by atoms with Crippen molar-refractivity contribution in [1.82, 2.24) is 19.8 Å². The van der Waals surface area contributed by atoms with E-state index in [4.69, 9.17) is 0 Å². The van der Waals surface area contributed by atoms with E-state index in [0.29, 0.717) is 17.7 Å². The Kier molecular flexibility index (Phi) is 6.17. The molecule has 168 valence electrons. The summed E-state index contributed by atoms with van der Waals surface area (Å²) in [6, 6.07) is 16.8. The molecule has 0 unspecified atom stereocenters. The number of aromatic amines is 1. The first-order valence-corrected chi connectivity index (χ1v) is 11.4. The zero-order valence-corrected chi connectivity index (χ0v) is 18.5. The molecule has 1 amide bonds. The van der Waals surface area contributed by atoms with E-state index in [-0.39, 0.29) is 18.3 Å². The SMILES string of the molecule is O=C(c1ccncc1)N(CCN1CCCC1)Cc1cc(-c2ccc3[nH]ccc3c2)ccc1F. The number of likely N-dealkylation sites (tertiary alicyclic amines) is 1. The second kappa shape index (κ2) is 9.55. The van der Waals surface area contributed by atoms with E-state index in [0.717, 1.165) is 41.7 Å². The highest BCUT2D eigenvalue weighted by atomic mass is 19.1. The van der Waals surface area contributed by atoms with Gasteiger partial charge in [-0.2, -0.15) is 0 Å². The summed E-state index contributed by atoms with van der Waals surface area (Å²) in [5.74, 6) is -0.398. The quantitative estimate of drug-likeness (QED) is 0.433. The van der Waals surface area contributed by atoms with Gasteiger partial charge in [0.05, 0.1) is 0 Å². The number of fused-ring (bicyclic) bond motifs is 1. The normalized spacial score (nSPS) is 14.1. The van der Waals surface area contributed by atoms with Crippen LogP contribution in [0.4, 0.5) is 4.39 Å². The Hall–Kier alpha value is -3.51. The number of hydrogen-bond donors (Lipinski definition) is 1. The molecule has 0 spiro atoms. The average molecular weight is 443 g/mol. The second-order valence-electron chi connectivity index (χ2n) is 8.60. The fraction of sp³-hybridized carbons (Fsp3) is 0.259. The van der Waals surface area contributed by atoms with Crippen molar-refractivity contribution in [2.24, 2.45) is 0 Å². The first kappa shape index (κ1) is 21.3. The molecule has 0 aliphatic carbocycles. The number of rotatable bonds is 7. The summed E-state index contributed by atoms with van der Waals surface area (Å²) in [6.45, 7) is 3.69. The van der Waals surface area contributed by atoms with Crippen LogP contribution < -0.4 is 0 Å². The van der Waals surface area contributed by atoms with Gasteiger partial charge >= 0.3 is 0 Å². The highest BCUT2D eigenvalue weighted by Crippen LogP contribution is 2.26. The topological polar surface area (TPSA) is 52.2 Å². The highest BCUT2D eigenvalue weighted by molar-refractivity contribution is 5.94. The number of nitrogens with zero attached hydrogens (tertiary/aromatic N) is 3. The minimum absolute atomic E-state index is 0.102. The van der Waals surface area contributed by atoms with E-state index >= 15 is 0 Å². The number of H-pyrrole nitrogens is 1. The van der Waals surface area contributed by atoms with E-state index < -0.39 is 0 Å². The Morgan fingerprint density at radius 1 is 1.00 bits per heavy atom. The van der Waals surface area contributed by atoms with Gasteiger partial charge in [0.25, 0.3) is 5.91 Å². The molecular weight excluding hydrogens is 415 g/mol. The Morgan fingerprint density at radius 3 is 2.58 bits per heavy atom. The summed E-state index contributed by atoms with van der Waals surface area (Å²) in [7, 11) is 0. The van der Waals surface area contributed by atoms with Crippen LogP contribution >= 0.6 is 0 Å². The smallest absolute Gasteiger partial charge is 0.254 e. The third kappa shape index (κ3) is 4.81. The molecule has 5 nitrogen and oxygen atoms in total. The summed E-state index contributed by atoms with van der Waals surface area (Å²) in [4.78, 5) is 24.6. The monoisotopic (exact) mass is 442 g/mol. The van der Waals surface area contributed by atoms with Crippen molar-refractivity contribution in [2.45, 2.75) is 19.4 Å². The van der Waals surface area contributed by atoms with Crippen molar-refractivity contribution < 1.29 is 9.18 Å². The fourth-order valence-corrected chi connectivity index (χ4v) is 4.51. The van der Waals surface area contributed by atoms with Gasteiger partial charge in [0.2, 0.25) is 0 Å². The Balaban J connectivity index is 1.42. The number of nitrogens with one attached hydrogen (secondary N) is 1. The highest BCUT2D eigenvalue weighted by Gasteiger charge is 2.20. The molecule has 5 rings (SSSR count). The summed E-state index contributed by atoms with van der Waals surface area (Å²) in [5.41, 5.74) is 4.11. The molecule has 1 aliphatic rings. The molecular formula is C27H27FN4O. The molecule has 0 bridgehead atoms. The largest absolute Gasteiger partial charge is 0.361 e. The van der Waals surface area contributed by atoms with Crippen LogP contribution in [0.3, 0.4) is 0 Å². The minimum Gasteiger partial charge on any atom is -0.361 e. The van der Waals surface area contributed by atoms with Gasteiger partial charge in [0.15, 0.2) is 0 Å².